The van der Waals surface area contributed by atoms with Crippen molar-refractivity contribution in [3.8, 4) is 0 Å². The second-order valence-corrected chi connectivity index (χ2v) is 5.76. The molecule has 0 amide bonds. The maximum absolute atomic E-state index is 13.8. The molecule has 0 heterocycles. The van der Waals surface area contributed by atoms with Crippen LogP contribution in [0.15, 0.2) is 12.1 Å². The van der Waals surface area contributed by atoms with E-state index in [0.29, 0.717) is 5.25 Å². The van der Waals surface area contributed by atoms with Crippen LogP contribution in [0.4, 0.5) is 15.8 Å². The van der Waals surface area contributed by atoms with Crippen molar-refractivity contribution in [2.75, 3.05) is 17.3 Å². The molecule has 1 fully saturated rings. The first kappa shape index (κ1) is 14.0. The standard InChI is InChI=1S/C13H17FN2O2S/c1-19-12-4-2-3-10(12)16-11-5-7(13(17)18)9(15)6-8(11)14/h5-6,10,12,16H,2-4,15H2,1H3,(H,17,18). The molecule has 6 heteroatoms. The van der Waals surface area contributed by atoms with Crippen LogP contribution in [0.2, 0.25) is 0 Å². The zero-order chi connectivity index (χ0) is 14.0. The number of nitrogens with one attached hydrogen (secondary N) is 1. The van der Waals surface area contributed by atoms with E-state index < -0.39 is 11.8 Å². The van der Waals surface area contributed by atoms with Gasteiger partial charge < -0.3 is 16.2 Å². The fraction of sp³-hybridized carbons (Fsp3) is 0.462. The van der Waals surface area contributed by atoms with Gasteiger partial charge in [-0.1, -0.05) is 6.42 Å². The van der Waals surface area contributed by atoms with Crippen molar-refractivity contribution in [2.24, 2.45) is 0 Å². The number of thioether (sulfide) groups is 1. The first-order valence-electron chi connectivity index (χ1n) is 6.14. The summed E-state index contributed by atoms with van der Waals surface area (Å²) in [6.45, 7) is 0. The van der Waals surface area contributed by atoms with Crippen LogP contribution in [0.3, 0.4) is 0 Å². The summed E-state index contributed by atoms with van der Waals surface area (Å²) in [7, 11) is 0. The molecule has 1 aromatic rings. The van der Waals surface area contributed by atoms with Crippen LogP contribution in [-0.4, -0.2) is 28.6 Å². The fourth-order valence-corrected chi connectivity index (χ4v) is 3.39. The van der Waals surface area contributed by atoms with Gasteiger partial charge in [-0.2, -0.15) is 11.8 Å². The molecule has 0 spiro atoms. The molecule has 4 nitrogen and oxygen atoms in total. The van der Waals surface area contributed by atoms with Gasteiger partial charge in [-0.05, 0) is 31.2 Å². The van der Waals surface area contributed by atoms with Crippen molar-refractivity contribution in [2.45, 2.75) is 30.6 Å². The van der Waals surface area contributed by atoms with E-state index in [9.17, 15) is 9.18 Å². The van der Waals surface area contributed by atoms with Gasteiger partial charge in [-0.15, -0.1) is 0 Å². The van der Waals surface area contributed by atoms with Gasteiger partial charge >= 0.3 is 5.97 Å². The van der Waals surface area contributed by atoms with E-state index in [2.05, 4.69) is 5.32 Å². The number of hydrogen-bond donors (Lipinski definition) is 3. The maximum Gasteiger partial charge on any atom is 0.337 e. The van der Waals surface area contributed by atoms with Gasteiger partial charge in [0.05, 0.1) is 11.3 Å². The highest BCUT2D eigenvalue weighted by atomic mass is 32.2. The van der Waals surface area contributed by atoms with Crippen LogP contribution in [0.5, 0.6) is 0 Å². The number of halogens is 1. The minimum Gasteiger partial charge on any atom is -0.478 e. The third-order valence-electron chi connectivity index (χ3n) is 3.47. The van der Waals surface area contributed by atoms with Crippen molar-refractivity contribution < 1.29 is 14.3 Å². The lowest BCUT2D eigenvalue weighted by Crippen LogP contribution is -2.26. The zero-order valence-electron chi connectivity index (χ0n) is 10.6. The predicted octanol–water partition coefficient (Wildman–Crippen LogP) is 2.80. The number of carboxylic acids is 1. The van der Waals surface area contributed by atoms with Crippen molar-refractivity contribution in [1.82, 2.24) is 0 Å². The number of aromatic carboxylic acids is 1. The van der Waals surface area contributed by atoms with E-state index in [-0.39, 0.29) is 23.0 Å². The van der Waals surface area contributed by atoms with Gasteiger partial charge in [0, 0.05) is 17.0 Å². The topological polar surface area (TPSA) is 75.3 Å². The Morgan fingerprint density at radius 3 is 2.89 bits per heavy atom. The van der Waals surface area contributed by atoms with E-state index >= 15 is 0 Å². The normalized spacial score (nSPS) is 22.4. The molecule has 1 aliphatic carbocycles. The van der Waals surface area contributed by atoms with Gasteiger partial charge in [0.25, 0.3) is 0 Å². The van der Waals surface area contributed by atoms with Gasteiger partial charge in [-0.3, -0.25) is 0 Å². The molecule has 2 rings (SSSR count). The Balaban J connectivity index is 2.24. The molecule has 4 N–H and O–H groups in total. The molecular formula is C13H17FN2O2S. The number of nitrogens with two attached hydrogens (primary N) is 1. The molecule has 0 aliphatic heterocycles. The number of rotatable bonds is 4. The van der Waals surface area contributed by atoms with Crippen molar-refractivity contribution in [3.63, 3.8) is 0 Å². The molecule has 1 saturated carbocycles. The lowest BCUT2D eigenvalue weighted by molar-refractivity contribution is 0.0698. The van der Waals surface area contributed by atoms with Crippen LogP contribution < -0.4 is 11.1 Å². The van der Waals surface area contributed by atoms with Crippen LogP contribution in [-0.2, 0) is 0 Å². The van der Waals surface area contributed by atoms with Crippen molar-refractivity contribution in [3.05, 3.63) is 23.5 Å². The number of carboxylic acid groups (broad SMARTS) is 1. The molecule has 2 unspecified atom stereocenters. The molecule has 104 valence electrons. The predicted molar refractivity (Wildman–Crippen MR) is 76.3 cm³/mol. The van der Waals surface area contributed by atoms with Crippen molar-refractivity contribution >= 4 is 29.1 Å². The Bertz CT molecular complexity index is 496. The van der Waals surface area contributed by atoms with E-state index in [0.717, 1.165) is 25.3 Å². The second kappa shape index (κ2) is 5.69. The number of benzene rings is 1. The summed E-state index contributed by atoms with van der Waals surface area (Å²) >= 11 is 1.75. The minimum atomic E-state index is -1.15. The molecule has 2 atom stereocenters. The van der Waals surface area contributed by atoms with Crippen LogP contribution in [0.1, 0.15) is 29.6 Å². The maximum atomic E-state index is 13.8. The van der Waals surface area contributed by atoms with E-state index in [1.54, 1.807) is 11.8 Å². The summed E-state index contributed by atoms with van der Waals surface area (Å²) < 4.78 is 13.8. The van der Waals surface area contributed by atoms with E-state index in [1.807, 2.05) is 6.26 Å². The summed E-state index contributed by atoms with van der Waals surface area (Å²) in [4.78, 5) is 11.0. The molecular weight excluding hydrogens is 267 g/mol. The van der Waals surface area contributed by atoms with Crippen LogP contribution in [0.25, 0.3) is 0 Å². The van der Waals surface area contributed by atoms with Gasteiger partial charge in [0.15, 0.2) is 0 Å². The molecule has 0 saturated heterocycles. The highest BCUT2D eigenvalue weighted by Crippen LogP contribution is 2.32. The Morgan fingerprint density at radius 2 is 2.26 bits per heavy atom. The Labute approximate surface area is 115 Å². The van der Waals surface area contributed by atoms with Gasteiger partial charge in [0.2, 0.25) is 0 Å². The first-order chi connectivity index (χ1) is 9.02. The monoisotopic (exact) mass is 284 g/mol. The molecule has 0 radical (unpaired) electrons. The number of anilines is 2. The van der Waals surface area contributed by atoms with Crippen LogP contribution >= 0.6 is 11.8 Å². The van der Waals surface area contributed by atoms with E-state index in [4.69, 9.17) is 10.8 Å². The van der Waals surface area contributed by atoms with Crippen molar-refractivity contribution in [1.29, 1.82) is 0 Å². The highest BCUT2D eigenvalue weighted by Gasteiger charge is 2.27. The lowest BCUT2D eigenvalue weighted by atomic mass is 10.1. The summed E-state index contributed by atoms with van der Waals surface area (Å²) in [5.41, 5.74) is 5.60. The minimum absolute atomic E-state index is 0.0524. The molecule has 0 bridgehead atoms. The average molecular weight is 284 g/mol. The summed E-state index contributed by atoms with van der Waals surface area (Å²) in [5.74, 6) is -1.65. The third kappa shape index (κ3) is 2.94. The molecule has 0 aromatic heterocycles. The van der Waals surface area contributed by atoms with E-state index in [1.165, 1.54) is 6.07 Å². The average Bonchev–Trinajstić information content (AvgIpc) is 2.79. The number of hydrogen-bond acceptors (Lipinski definition) is 4. The Morgan fingerprint density at radius 1 is 1.53 bits per heavy atom. The molecule has 1 aliphatic rings. The Hall–Kier alpha value is -1.43. The van der Waals surface area contributed by atoms with Gasteiger partial charge in [0.1, 0.15) is 5.82 Å². The first-order valence-corrected chi connectivity index (χ1v) is 7.43. The highest BCUT2D eigenvalue weighted by molar-refractivity contribution is 7.99. The fourth-order valence-electron chi connectivity index (χ4n) is 2.46. The quantitative estimate of drug-likeness (QED) is 0.741. The zero-order valence-corrected chi connectivity index (χ0v) is 11.5. The second-order valence-electron chi connectivity index (χ2n) is 4.68. The molecule has 1 aromatic carbocycles. The van der Waals surface area contributed by atoms with Gasteiger partial charge in [-0.25, -0.2) is 9.18 Å². The summed E-state index contributed by atoms with van der Waals surface area (Å²) in [6.07, 6.45) is 5.21. The lowest BCUT2D eigenvalue weighted by Gasteiger charge is -2.21. The number of nitrogen functional groups attached to an aromatic ring is 1. The van der Waals surface area contributed by atoms with Crippen LogP contribution in [0, 0.1) is 5.82 Å². The Kier molecular flexibility index (Phi) is 4.19. The summed E-state index contributed by atoms with van der Waals surface area (Å²) in [5, 5.41) is 12.6. The summed E-state index contributed by atoms with van der Waals surface area (Å²) in [6, 6.07) is 2.52. The number of carbonyl (C=O) groups is 1. The largest absolute Gasteiger partial charge is 0.478 e. The smallest absolute Gasteiger partial charge is 0.337 e. The third-order valence-corrected chi connectivity index (χ3v) is 4.64. The SMILES string of the molecule is CSC1CCCC1Nc1cc(C(=O)O)c(N)cc1F. The molecule has 19 heavy (non-hydrogen) atoms.